The van der Waals surface area contributed by atoms with E-state index in [1.54, 1.807) is 0 Å². The molecule has 0 bridgehead atoms. The highest BCUT2D eigenvalue weighted by Gasteiger charge is 2.11. The first-order valence-corrected chi connectivity index (χ1v) is 9.18. The van der Waals surface area contributed by atoms with E-state index in [9.17, 15) is 0 Å². The second-order valence-electron chi connectivity index (χ2n) is 6.50. The maximum Gasteiger partial charge on any atom is 0.223 e. The number of hydrogen-bond acceptors (Lipinski definition) is 2. The monoisotopic (exact) mass is 366 g/mol. The van der Waals surface area contributed by atoms with Crippen LogP contribution in [-0.2, 0) is 0 Å². The van der Waals surface area contributed by atoms with Crippen LogP contribution in [0.1, 0.15) is 0 Å². The molecule has 0 unspecified atom stereocenters. The molecule has 5 aromatic rings. The van der Waals surface area contributed by atoms with Crippen molar-refractivity contribution in [3.63, 3.8) is 0 Å². The Morgan fingerprint density at radius 3 is 2.15 bits per heavy atom. The molecule has 0 saturated carbocycles. The van der Waals surface area contributed by atoms with Gasteiger partial charge in [-0.25, -0.2) is 9.97 Å². The lowest BCUT2D eigenvalue weighted by Gasteiger charge is -2.10. The first-order valence-electron chi connectivity index (χ1n) is 8.80. The van der Waals surface area contributed by atoms with Crippen molar-refractivity contribution in [3.05, 3.63) is 96.3 Å². The molecule has 5 rings (SSSR count). The van der Waals surface area contributed by atoms with Crippen LogP contribution in [0.25, 0.3) is 44.1 Å². The highest BCUT2D eigenvalue weighted by Crippen LogP contribution is 2.32. The van der Waals surface area contributed by atoms with Gasteiger partial charge in [-0.15, -0.1) is 0 Å². The zero-order chi connectivity index (χ0) is 18.2. The van der Waals surface area contributed by atoms with Crippen LogP contribution in [0.3, 0.4) is 0 Å². The molecule has 0 radical (unpaired) electrons. The minimum atomic E-state index is 0.262. The second kappa shape index (κ2) is 6.49. The first-order chi connectivity index (χ1) is 13.3. The third kappa shape index (κ3) is 2.94. The standard InChI is InChI=1S/C24H15ClN2/c25-24-26-22-13-12-19(16-6-2-1-3-7-16)15-21(22)23(27-24)20-11-10-17-8-4-5-9-18(17)14-20/h1-15H. The van der Waals surface area contributed by atoms with Gasteiger partial charge < -0.3 is 0 Å². The maximum absolute atomic E-state index is 6.23. The molecule has 0 aliphatic rings. The average molecular weight is 367 g/mol. The molecular weight excluding hydrogens is 352 g/mol. The number of hydrogen-bond donors (Lipinski definition) is 0. The van der Waals surface area contributed by atoms with E-state index in [2.05, 4.69) is 64.6 Å². The Morgan fingerprint density at radius 2 is 1.30 bits per heavy atom. The van der Waals surface area contributed by atoms with Crippen molar-refractivity contribution in [1.29, 1.82) is 0 Å². The number of benzene rings is 4. The van der Waals surface area contributed by atoms with Crippen molar-refractivity contribution in [1.82, 2.24) is 9.97 Å². The molecule has 1 aromatic heterocycles. The number of rotatable bonds is 2. The second-order valence-corrected chi connectivity index (χ2v) is 6.84. The quantitative estimate of drug-likeness (QED) is 0.322. The molecule has 0 saturated heterocycles. The summed E-state index contributed by atoms with van der Waals surface area (Å²) in [7, 11) is 0. The highest BCUT2D eigenvalue weighted by atomic mass is 35.5. The van der Waals surface area contributed by atoms with Crippen molar-refractivity contribution in [2.75, 3.05) is 0 Å². The van der Waals surface area contributed by atoms with Crippen molar-refractivity contribution >= 4 is 33.3 Å². The number of fused-ring (bicyclic) bond motifs is 2. The Labute approximate surface area is 162 Å². The van der Waals surface area contributed by atoms with Crippen LogP contribution in [0.15, 0.2) is 91.0 Å². The third-order valence-electron chi connectivity index (χ3n) is 4.80. The fraction of sp³-hybridized carbons (Fsp3) is 0. The van der Waals surface area contributed by atoms with Gasteiger partial charge in [0.2, 0.25) is 5.28 Å². The molecule has 0 spiro atoms. The van der Waals surface area contributed by atoms with Crippen molar-refractivity contribution in [3.8, 4) is 22.4 Å². The van der Waals surface area contributed by atoms with Gasteiger partial charge in [0, 0.05) is 10.9 Å². The van der Waals surface area contributed by atoms with E-state index in [4.69, 9.17) is 11.6 Å². The van der Waals surface area contributed by atoms with Gasteiger partial charge in [0.25, 0.3) is 0 Å². The Balaban J connectivity index is 1.76. The summed E-state index contributed by atoms with van der Waals surface area (Å²) in [6, 6.07) is 31.2. The van der Waals surface area contributed by atoms with Crippen LogP contribution in [0.2, 0.25) is 5.28 Å². The number of halogens is 1. The van der Waals surface area contributed by atoms with Crippen molar-refractivity contribution in [2.24, 2.45) is 0 Å². The van der Waals surface area contributed by atoms with E-state index in [1.807, 2.05) is 36.4 Å². The molecule has 0 fully saturated rings. The van der Waals surface area contributed by atoms with Gasteiger partial charge in [-0.05, 0) is 51.7 Å². The minimum absolute atomic E-state index is 0.262. The van der Waals surface area contributed by atoms with Gasteiger partial charge in [-0.3, -0.25) is 0 Å². The number of aromatic nitrogens is 2. The van der Waals surface area contributed by atoms with Gasteiger partial charge in [0.1, 0.15) is 0 Å². The molecule has 0 N–H and O–H groups in total. The molecule has 3 heteroatoms. The van der Waals surface area contributed by atoms with E-state index >= 15 is 0 Å². The van der Waals surface area contributed by atoms with Gasteiger partial charge in [0.15, 0.2) is 0 Å². The largest absolute Gasteiger partial charge is 0.223 e. The van der Waals surface area contributed by atoms with E-state index in [1.165, 1.54) is 16.3 Å². The minimum Gasteiger partial charge on any atom is -0.218 e. The summed E-state index contributed by atoms with van der Waals surface area (Å²) in [6.07, 6.45) is 0. The summed E-state index contributed by atoms with van der Waals surface area (Å²) < 4.78 is 0. The zero-order valence-electron chi connectivity index (χ0n) is 14.4. The molecule has 1 heterocycles. The van der Waals surface area contributed by atoms with E-state index in [0.717, 1.165) is 27.7 Å². The number of nitrogens with zero attached hydrogens (tertiary/aromatic N) is 2. The molecule has 0 aliphatic heterocycles. The topological polar surface area (TPSA) is 25.8 Å². The summed E-state index contributed by atoms with van der Waals surface area (Å²) >= 11 is 6.23. The smallest absolute Gasteiger partial charge is 0.218 e. The van der Waals surface area contributed by atoms with Crippen LogP contribution in [0.4, 0.5) is 0 Å². The molecule has 2 nitrogen and oxygen atoms in total. The summed E-state index contributed by atoms with van der Waals surface area (Å²) in [5.41, 5.74) is 5.04. The van der Waals surface area contributed by atoms with Crippen LogP contribution >= 0.6 is 11.6 Å². The summed E-state index contributed by atoms with van der Waals surface area (Å²) in [6.45, 7) is 0. The molecule has 0 aliphatic carbocycles. The average Bonchev–Trinajstić information content (AvgIpc) is 2.73. The normalized spacial score (nSPS) is 11.1. The SMILES string of the molecule is Clc1nc(-c2ccc3ccccc3c2)c2cc(-c3ccccc3)ccc2n1. The molecule has 27 heavy (non-hydrogen) atoms. The fourth-order valence-electron chi connectivity index (χ4n) is 3.47. The zero-order valence-corrected chi connectivity index (χ0v) is 15.2. The first kappa shape index (κ1) is 16.0. The Hall–Kier alpha value is -3.23. The molecule has 0 atom stereocenters. The third-order valence-corrected chi connectivity index (χ3v) is 4.97. The Kier molecular flexibility index (Phi) is 3.84. The molecule has 0 amide bonds. The highest BCUT2D eigenvalue weighted by molar-refractivity contribution is 6.29. The summed E-state index contributed by atoms with van der Waals surface area (Å²) in [4.78, 5) is 8.98. The lowest BCUT2D eigenvalue weighted by molar-refractivity contribution is 1.22. The van der Waals surface area contributed by atoms with Gasteiger partial charge >= 0.3 is 0 Å². The lowest BCUT2D eigenvalue weighted by atomic mass is 9.99. The molecule has 4 aromatic carbocycles. The Morgan fingerprint density at radius 1 is 0.556 bits per heavy atom. The molecular formula is C24H15ClN2. The predicted molar refractivity (Wildman–Crippen MR) is 113 cm³/mol. The van der Waals surface area contributed by atoms with E-state index in [0.29, 0.717) is 0 Å². The Bertz CT molecular complexity index is 1280. The van der Waals surface area contributed by atoms with Gasteiger partial charge in [-0.1, -0.05) is 72.8 Å². The van der Waals surface area contributed by atoms with Crippen LogP contribution in [0, 0.1) is 0 Å². The van der Waals surface area contributed by atoms with E-state index in [-0.39, 0.29) is 5.28 Å². The van der Waals surface area contributed by atoms with Crippen molar-refractivity contribution in [2.45, 2.75) is 0 Å². The maximum atomic E-state index is 6.23. The lowest BCUT2D eigenvalue weighted by Crippen LogP contribution is -1.92. The van der Waals surface area contributed by atoms with E-state index < -0.39 is 0 Å². The van der Waals surface area contributed by atoms with Crippen LogP contribution in [-0.4, -0.2) is 9.97 Å². The summed E-state index contributed by atoms with van der Waals surface area (Å²) in [5, 5.41) is 3.64. The fourth-order valence-corrected chi connectivity index (χ4v) is 3.64. The van der Waals surface area contributed by atoms with Crippen LogP contribution < -0.4 is 0 Å². The summed E-state index contributed by atoms with van der Waals surface area (Å²) in [5.74, 6) is 0. The van der Waals surface area contributed by atoms with Gasteiger partial charge in [0.05, 0.1) is 11.2 Å². The molecule has 128 valence electrons. The predicted octanol–water partition coefficient (Wildman–Crippen LogP) is 6.77. The van der Waals surface area contributed by atoms with Crippen LogP contribution in [0.5, 0.6) is 0 Å². The van der Waals surface area contributed by atoms with Gasteiger partial charge in [-0.2, -0.15) is 0 Å². The van der Waals surface area contributed by atoms with Crippen molar-refractivity contribution < 1.29 is 0 Å².